The molecule has 21 heavy (non-hydrogen) atoms. The van der Waals surface area contributed by atoms with E-state index in [1.165, 1.54) is 6.20 Å². The van der Waals surface area contributed by atoms with E-state index in [2.05, 4.69) is 32.4 Å². The van der Waals surface area contributed by atoms with Crippen molar-refractivity contribution in [1.29, 1.82) is 0 Å². The Labute approximate surface area is 124 Å². The van der Waals surface area contributed by atoms with Crippen molar-refractivity contribution in [3.8, 4) is 0 Å². The van der Waals surface area contributed by atoms with Gasteiger partial charge in [-0.05, 0) is 32.4 Å². The molecule has 1 aliphatic rings. The highest BCUT2D eigenvalue weighted by atomic mass is 16.6. The minimum atomic E-state index is -0.453. The van der Waals surface area contributed by atoms with Gasteiger partial charge in [0, 0.05) is 19.6 Å². The molecule has 0 aromatic carbocycles. The molecule has 1 aromatic heterocycles. The predicted molar refractivity (Wildman–Crippen MR) is 81.6 cm³/mol. The lowest BCUT2D eigenvalue weighted by Gasteiger charge is -2.14. The van der Waals surface area contributed by atoms with Crippen LogP contribution in [0, 0.1) is 16.0 Å². The van der Waals surface area contributed by atoms with Crippen molar-refractivity contribution in [2.45, 2.75) is 20.3 Å². The van der Waals surface area contributed by atoms with Crippen LogP contribution in [0.25, 0.3) is 0 Å². The summed E-state index contributed by atoms with van der Waals surface area (Å²) in [5.74, 6) is 1.20. The van der Waals surface area contributed by atoms with Crippen molar-refractivity contribution in [3.05, 3.63) is 16.3 Å². The molecular formula is C13H22N6O2. The third kappa shape index (κ3) is 4.01. The lowest BCUT2D eigenvalue weighted by molar-refractivity contribution is -0.384. The Kier molecular flexibility index (Phi) is 5.26. The molecule has 2 N–H and O–H groups in total. The Morgan fingerprint density at radius 3 is 2.90 bits per heavy atom. The average molecular weight is 294 g/mol. The van der Waals surface area contributed by atoms with E-state index < -0.39 is 4.92 Å². The normalized spacial score (nSPS) is 18.7. The lowest BCUT2D eigenvalue weighted by Crippen LogP contribution is -2.23. The zero-order chi connectivity index (χ0) is 15.2. The van der Waals surface area contributed by atoms with Gasteiger partial charge in [-0.3, -0.25) is 10.1 Å². The molecule has 1 unspecified atom stereocenters. The van der Waals surface area contributed by atoms with Gasteiger partial charge in [0.15, 0.2) is 0 Å². The van der Waals surface area contributed by atoms with Gasteiger partial charge in [0.2, 0.25) is 11.8 Å². The van der Waals surface area contributed by atoms with E-state index in [1.54, 1.807) is 0 Å². The highest BCUT2D eigenvalue weighted by Crippen LogP contribution is 2.23. The van der Waals surface area contributed by atoms with Crippen LogP contribution in [-0.2, 0) is 0 Å². The first-order chi connectivity index (χ1) is 10.1. The van der Waals surface area contributed by atoms with Crippen LogP contribution >= 0.6 is 0 Å². The first-order valence-electron chi connectivity index (χ1n) is 7.35. The summed E-state index contributed by atoms with van der Waals surface area (Å²) in [6.07, 6.45) is 2.36. The van der Waals surface area contributed by atoms with E-state index in [-0.39, 0.29) is 5.69 Å². The van der Waals surface area contributed by atoms with E-state index in [4.69, 9.17) is 0 Å². The lowest BCUT2D eigenvalue weighted by atomic mass is 10.1. The molecule has 0 amide bonds. The standard InChI is InChI=1S/C13H22N6O2/c1-3-14-13-16-8-11(19(20)21)12(17-13)15-7-10-5-6-18(4-2)9-10/h8,10H,3-7,9H2,1-2H3,(H2,14,15,16,17). The van der Waals surface area contributed by atoms with Crippen molar-refractivity contribution in [3.63, 3.8) is 0 Å². The van der Waals surface area contributed by atoms with Gasteiger partial charge < -0.3 is 15.5 Å². The third-order valence-corrected chi connectivity index (χ3v) is 3.68. The summed E-state index contributed by atoms with van der Waals surface area (Å²) in [5.41, 5.74) is -0.0815. The minimum Gasteiger partial charge on any atom is -0.364 e. The van der Waals surface area contributed by atoms with Gasteiger partial charge in [0.25, 0.3) is 0 Å². The summed E-state index contributed by atoms with van der Waals surface area (Å²) < 4.78 is 0. The Balaban J connectivity index is 2.03. The zero-order valence-electron chi connectivity index (χ0n) is 12.5. The topological polar surface area (TPSA) is 96.2 Å². The Morgan fingerprint density at radius 2 is 2.29 bits per heavy atom. The van der Waals surface area contributed by atoms with E-state index in [0.29, 0.717) is 30.8 Å². The number of nitrogens with one attached hydrogen (secondary N) is 2. The number of rotatable bonds is 7. The molecule has 1 atom stereocenters. The number of nitro groups is 1. The summed E-state index contributed by atoms with van der Waals surface area (Å²) in [4.78, 5) is 21.1. The molecule has 1 saturated heterocycles. The van der Waals surface area contributed by atoms with E-state index in [9.17, 15) is 10.1 Å². The van der Waals surface area contributed by atoms with Gasteiger partial charge >= 0.3 is 5.69 Å². The molecule has 1 fully saturated rings. The van der Waals surface area contributed by atoms with Crippen molar-refractivity contribution < 1.29 is 4.92 Å². The molecule has 1 aromatic rings. The van der Waals surface area contributed by atoms with Crippen LogP contribution in [0.2, 0.25) is 0 Å². The molecule has 2 heterocycles. The number of anilines is 2. The second kappa shape index (κ2) is 7.16. The Bertz CT molecular complexity index is 496. The predicted octanol–water partition coefficient (Wildman–Crippen LogP) is 1.57. The van der Waals surface area contributed by atoms with Gasteiger partial charge in [-0.1, -0.05) is 6.92 Å². The van der Waals surface area contributed by atoms with Crippen molar-refractivity contribution in [1.82, 2.24) is 14.9 Å². The van der Waals surface area contributed by atoms with E-state index in [1.807, 2.05) is 6.92 Å². The maximum atomic E-state index is 11.0. The summed E-state index contributed by atoms with van der Waals surface area (Å²) >= 11 is 0. The largest absolute Gasteiger partial charge is 0.364 e. The summed E-state index contributed by atoms with van der Waals surface area (Å²) in [6.45, 7) is 8.61. The van der Waals surface area contributed by atoms with Crippen molar-refractivity contribution in [2.24, 2.45) is 5.92 Å². The van der Waals surface area contributed by atoms with Crippen LogP contribution in [0.1, 0.15) is 20.3 Å². The Morgan fingerprint density at radius 1 is 1.48 bits per heavy atom. The first kappa shape index (κ1) is 15.4. The molecule has 0 radical (unpaired) electrons. The van der Waals surface area contributed by atoms with Crippen LogP contribution < -0.4 is 10.6 Å². The fraction of sp³-hybridized carbons (Fsp3) is 0.692. The highest BCUT2D eigenvalue weighted by Gasteiger charge is 2.23. The van der Waals surface area contributed by atoms with Crippen molar-refractivity contribution >= 4 is 17.5 Å². The summed E-state index contributed by atoms with van der Waals surface area (Å²) in [6, 6.07) is 0. The van der Waals surface area contributed by atoms with Gasteiger partial charge in [-0.15, -0.1) is 0 Å². The molecule has 0 saturated carbocycles. The monoisotopic (exact) mass is 294 g/mol. The smallest absolute Gasteiger partial charge is 0.329 e. The molecule has 8 heteroatoms. The van der Waals surface area contributed by atoms with E-state index in [0.717, 1.165) is 26.1 Å². The van der Waals surface area contributed by atoms with Crippen LogP contribution in [0.5, 0.6) is 0 Å². The van der Waals surface area contributed by atoms with Crippen LogP contribution in [0.15, 0.2) is 6.20 Å². The van der Waals surface area contributed by atoms with Crippen LogP contribution in [-0.4, -0.2) is 52.5 Å². The fourth-order valence-corrected chi connectivity index (χ4v) is 2.49. The molecule has 2 rings (SSSR count). The second-order valence-corrected chi connectivity index (χ2v) is 5.14. The number of aromatic nitrogens is 2. The summed E-state index contributed by atoms with van der Waals surface area (Å²) in [7, 11) is 0. The van der Waals surface area contributed by atoms with Gasteiger partial charge in [-0.2, -0.15) is 4.98 Å². The molecule has 0 aliphatic carbocycles. The Hall–Kier alpha value is -1.96. The van der Waals surface area contributed by atoms with E-state index >= 15 is 0 Å². The maximum absolute atomic E-state index is 11.0. The zero-order valence-corrected chi connectivity index (χ0v) is 12.5. The van der Waals surface area contributed by atoms with Crippen molar-refractivity contribution in [2.75, 3.05) is 43.4 Å². The molecular weight excluding hydrogens is 272 g/mol. The van der Waals surface area contributed by atoms with Crippen LogP contribution in [0.3, 0.4) is 0 Å². The molecule has 0 spiro atoms. The maximum Gasteiger partial charge on any atom is 0.329 e. The second-order valence-electron chi connectivity index (χ2n) is 5.14. The minimum absolute atomic E-state index is 0.0815. The van der Waals surface area contributed by atoms with Gasteiger partial charge in [0.1, 0.15) is 6.20 Å². The average Bonchev–Trinajstić information content (AvgIpc) is 2.93. The number of hydrogen-bond acceptors (Lipinski definition) is 7. The number of nitrogens with zero attached hydrogens (tertiary/aromatic N) is 4. The van der Waals surface area contributed by atoms with Crippen LogP contribution in [0.4, 0.5) is 17.5 Å². The number of hydrogen-bond donors (Lipinski definition) is 2. The molecule has 1 aliphatic heterocycles. The SMILES string of the molecule is CCNc1ncc([N+](=O)[O-])c(NCC2CCN(CC)C2)n1. The highest BCUT2D eigenvalue weighted by molar-refractivity contribution is 5.56. The summed E-state index contributed by atoms with van der Waals surface area (Å²) in [5, 5.41) is 17.1. The molecule has 116 valence electrons. The molecule has 8 nitrogen and oxygen atoms in total. The van der Waals surface area contributed by atoms with Gasteiger partial charge in [-0.25, -0.2) is 4.98 Å². The quantitative estimate of drug-likeness (QED) is 0.582. The molecule has 0 bridgehead atoms. The van der Waals surface area contributed by atoms with Gasteiger partial charge in [0.05, 0.1) is 4.92 Å². The third-order valence-electron chi connectivity index (χ3n) is 3.68. The number of likely N-dealkylation sites (tertiary alicyclic amines) is 1. The first-order valence-corrected chi connectivity index (χ1v) is 7.35. The fourth-order valence-electron chi connectivity index (χ4n) is 2.49.